The minimum Gasteiger partial charge on any atom is -0.288 e. The van der Waals surface area contributed by atoms with E-state index in [4.69, 9.17) is 0 Å². The molecule has 0 saturated heterocycles. The molecule has 0 atom stereocenters. The number of ketones is 2. The summed E-state index contributed by atoms with van der Waals surface area (Å²) < 4.78 is 55.0. The number of halogens is 4. The quantitative estimate of drug-likeness (QED) is 0.405. The van der Waals surface area contributed by atoms with Crippen molar-refractivity contribution >= 4 is 11.6 Å². The van der Waals surface area contributed by atoms with Crippen LogP contribution in [0.5, 0.6) is 0 Å². The van der Waals surface area contributed by atoms with Crippen molar-refractivity contribution in [1.82, 2.24) is 0 Å². The summed E-state index contributed by atoms with van der Waals surface area (Å²) in [4.78, 5) is 25.1. The van der Waals surface area contributed by atoms with E-state index in [1.807, 2.05) is 6.92 Å². The lowest BCUT2D eigenvalue weighted by Gasteiger charge is -2.21. The Morgan fingerprint density at radius 2 is 1.38 bits per heavy atom. The largest absolute Gasteiger partial charge is 0.288 e. The van der Waals surface area contributed by atoms with Gasteiger partial charge in [-0.3, -0.25) is 9.59 Å². The first-order valence-corrected chi connectivity index (χ1v) is 7.47. The van der Waals surface area contributed by atoms with Crippen LogP contribution in [-0.4, -0.2) is 11.6 Å². The van der Waals surface area contributed by atoms with Crippen LogP contribution in [0.2, 0.25) is 0 Å². The van der Waals surface area contributed by atoms with E-state index >= 15 is 0 Å². The number of carbonyl (C=O) groups is 2. The number of rotatable bonds is 3. The molecule has 1 aliphatic rings. The Kier molecular flexibility index (Phi) is 3.99. The Balaban J connectivity index is 2.31. The molecule has 3 rings (SSSR count). The van der Waals surface area contributed by atoms with Crippen LogP contribution in [0.15, 0.2) is 18.2 Å². The summed E-state index contributed by atoms with van der Waals surface area (Å²) in [6, 6.07) is 4.43. The highest BCUT2D eigenvalue weighted by Crippen LogP contribution is 2.35. The van der Waals surface area contributed by atoms with Crippen molar-refractivity contribution in [3.63, 3.8) is 0 Å². The van der Waals surface area contributed by atoms with Gasteiger partial charge in [-0.05, 0) is 18.4 Å². The highest BCUT2D eigenvalue weighted by molar-refractivity contribution is 6.29. The smallest absolute Gasteiger partial charge is 0.198 e. The van der Waals surface area contributed by atoms with E-state index in [2.05, 4.69) is 0 Å². The zero-order chi connectivity index (χ0) is 17.6. The first-order chi connectivity index (χ1) is 11.4. The monoisotopic (exact) mass is 336 g/mol. The number of hydrogen-bond acceptors (Lipinski definition) is 2. The fourth-order valence-electron chi connectivity index (χ4n) is 2.95. The zero-order valence-corrected chi connectivity index (χ0v) is 12.7. The van der Waals surface area contributed by atoms with Crippen molar-refractivity contribution in [3.8, 4) is 0 Å². The summed E-state index contributed by atoms with van der Waals surface area (Å²) in [7, 11) is 0. The number of benzene rings is 2. The Bertz CT molecular complexity index is 887. The van der Waals surface area contributed by atoms with Crippen LogP contribution in [-0.2, 0) is 6.42 Å². The molecule has 1 aliphatic carbocycles. The average Bonchev–Trinajstić information content (AvgIpc) is 2.58. The lowest BCUT2D eigenvalue weighted by atomic mass is 9.80. The second-order valence-electron chi connectivity index (χ2n) is 5.61. The maximum Gasteiger partial charge on any atom is 0.198 e. The molecule has 0 aromatic heterocycles. The molecule has 0 spiro atoms. The van der Waals surface area contributed by atoms with Crippen LogP contribution in [0, 0.1) is 23.3 Å². The SMILES string of the molecule is CCCCc1cccc2c1C(=O)c1c(F)c(F)c(F)c(F)c1C2=O. The van der Waals surface area contributed by atoms with Gasteiger partial charge < -0.3 is 0 Å². The third-order valence-corrected chi connectivity index (χ3v) is 4.14. The van der Waals surface area contributed by atoms with Crippen molar-refractivity contribution in [2.45, 2.75) is 26.2 Å². The highest BCUT2D eigenvalue weighted by Gasteiger charge is 2.39. The predicted octanol–water partition coefficient (Wildman–Crippen LogP) is 4.36. The van der Waals surface area contributed by atoms with E-state index in [9.17, 15) is 27.2 Å². The summed E-state index contributed by atoms with van der Waals surface area (Å²) in [5.41, 5.74) is -1.76. The third-order valence-electron chi connectivity index (χ3n) is 4.14. The highest BCUT2D eigenvalue weighted by atomic mass is 19.2. The molecule has 0 aliphatic heterocycles. The van der Waals surface area contributed by atoms with E-state index < -0.39 is 46.0 Å². The molecule has 2 aromatic carbocycles. The molecule has 0 radical (unpaired) electrons. The first-order valence-electron chi connectivity index (χ1n) is 7.47. The van der Waals surface area contributed by atoms with Crippen molar-refractivity contribution in [2.75, 3.05) is 0 Å². The standard InChI is InChI=1S/C18H12F4O2/c1-2-3-5-8-6-4-7-9-10(8)18(24)12-11(17(9)23)13(19)15(21)16(22)14(12)20/h4,6-7H,2-3,5H2,1H3. The van der Waals surface area contributed by atoms with Gasteiger partial charge in [0.2, 0.25) is 0 Å². The van der Waals surface area contributed by atoms with E-state index in [1.54, 1.807) is 6.07 Å². The summed E-state index contributed by atoms with van der Waals surface area (Å²) in [5, 5.41) is 0. The molecule has 0 unspecified atom stereocenters. The third kappa shape index (κ3) is 2.17. The van der Waals surface area contributed by atoms with Crippen LogP contribution >= 0.6 is 0 Å². The Morgan fingerprint density at radius 1 is 0.792 bits per heavy atom. The Hall–Kier alpha value is -2.50. The van der Waals surface area contributed by atoms with Gasteiger partial charge in [-0.2, -0.15) is 0 Å². The van der Waals surface area contributed by atoms with Gasteiger partial charge in [0.15, 0.2) is 34.8 Å². The molecule has 0 heterocycles. The molecule has 24 heavy (non-hydrogen) atoms. The second kappa shape index (κ2) is 5.85. The predicted molar refractivity (Wildman–Crippen MR) is 78.2 cm³/mol. The van der Waals surface area contributed by atoms with Crippen LogP contribution in [0.3, 0.4) is 0 Å². The first kappa shape index (κ1) is 16.4. The normalized spacial score (nSPS) is 13.0. The minimum atomic E-state index is -2.10. The zero-order valence-electron chi connectivity index (χ0n) is 12.7. The summed E-state index contributed by atoms with van der Waals surface area (Å²) in [6.07, 6.45) is 2.01. The fourth-order valence-corrected chi connectivity index (χ4v) is 2.95. The van der Waals surface area contributed by atoms with Gasteiger partial charge in [-0.1, -0.05) is 31.5 Å². The van der Waals surface area contributed by atoms with Gasteiger partial charge in [0, 0.05) is 11.1 Å². The van der Waals surface area contributed by atoms with Gasteiger partial charge in [-0.15, -0.1) is 0 Å². The number of fused-ring (bicyclic) bond motifs is 2. The Labute approximate surface area is 135 Å². The number of carbonyl (C=O) groups excluding carboxylic acids is 2. The number of aryl methyl sites for hydroxylation is 1. The number of unbranched alkanes of at least 4 members (excludes halogenated alkanes) is 1. The molecule has 124 valence electrons. The molecule has 0 fully saturated rings. The summed E-state index contributed by atoms with van der Waals surface area (Å²) >= 11 is 0. The van der Waals surface area contributed by atoms with Gasteiger partial charge in [0.1, 0.15) is 0 Å². The maximum absolute atomic E-state index is 14.1. The fraction of sp³-hybridized carbons (Fsp3) is 0.222. The van der Waals surface area contributed by atoms with Crippen molar-refractivity contribution in [2.24, 2.45) is 0 Å². The van der Waals surface area contributed by atoms with Gasteiger partial charge >= 0.3 is 0 Å². The lowest BCUT2D eigenvalue weighted by molar-refractivity contribution is 0.0968. The molecular formula is C18H12F4O2. The molecule has 2 nitrogen and oxygen atoms in total. The second-order valence-corrected chi connectivity index (χ2v) is 5.61. The van der Waals surface area contributed by atoms with E-state index in [0.29, 0.717) is 12.0 Å². The molecule has 0 amide bonds. The van der Waals surface area contributed by atoms with Crippen molar-refractivity contribution in [3.05, 3.63) is 69.3 Å². The Morgan fingerprint density at radius 3 is 1.96 bits per heavy atom. The topological polar surface area (TPSA) is 34.1 Å². The van der Waals surface area contributed by atoms with Crippen LogP contribution in [0.25, 0.3) is 0 Å². The van der Waals surface area contributed by atoms with Gasteiger partial charge in [-0.25, -0.2) is 17.6 Å². The number of hydrogen-bond donors (Lipinski definition) is 0. The van der Waals surface area contributed by atoms with E-state index in [0.717, 1.165) is 12.8 Å². The van der Waals surface area contributed by atoms with E-state index in [-0.39, 0.29) is 11.1 Å². The molecule has 0 N–H and O–H groups in total. The summed E-state index contributed by atoms with van der Waals surface area (Å²) in [6.45, 7) is 1.94. The van der Waals surface area contributed by atoms with Crippen molar-refractivity contribution in [1.29, 1.82) is 0 Å². The summed E-state index contributed by atoms with van der Waals surface area (Å²) in [5.74, 6) is -9.89. The minimum absolute atomic E-state index is 0.0623. The maximum atomic E-state index is 14.1. The molecule has 2 aromatic rings. The van der Waals surface area contributed by atoms with Crippen LogP contribution in [0.4, 0.5) is 17.6 Å². The molecule has 0 saturated carbocycles. The van der Waals surface area contributed by atoms with Gasteiger partial charge in [0.25, 0.3) is 0 Å². The van der Waals surface area contributed by atoms with Gasteiger partial charge in [0.05, 0.1) is 11.1 Å². The molecular weight excluding hydrogens is 324 g/mol. The average molecular weight is 336 g/mol. The molecule has 6 heteroatoms. The van der Waals surface area contributed by atoms with Crippen molar-refractivity contribution < 1.29 is 27.2 Å². The molecule has 0 bridgehead atoms. The van der Waals surface area contributed by atoms with E-state index in [1.165, 1.54) is 12.1 Å². The van der Waals surface area contributed by atoms with Crippen LogP contribution < -0.4 is 0 Å². The lowest BCUT2D eigenvalue weighted by Crippen LogP contribution is -2.27. The van der Waals surface area contributed by atoms with Crippen LogP contribution in [0.1, 0.15) is 57.2 Å².